The van der Waals surface area contributed by atoms with Crippen molar-refractivity contribution in [2.45, 2.75) is 286 Å². The Kier molecular flexibility index (Phi) is 35.3. The molecule has 0 aliphatic carbocycles. The Hall–Kier alpha value is -1.35. The summed E-state index contributed by atoms with van der Waals surface area (Å²) in [6.07, 6.45) is 14.4. The van der Waals surface area contributed by atoms with Gasteiger partial charge in [-0.05, 0) is 31.6 Å². The summed E-state index contributed by atoms with van der Waals surface area (Å²) in [5.41, 5.74) is 0. The number of aliphatic hydroxyl groups excluding tert-OH is 10. The van der Waals surface area contributed by atoms with Crippen LogP contribution in [0.4, 0.5) is 0 Å². The van der Waals surface area contributed by atoms with Crippen molar-refractivity contribution in [3.63, 3.8) is 0 Å². The molecule has 11 N–H and O–H groups in total. The number of ether oxygens (including phenoxy) is 4. The van der Waals surface area contributed by atoms with Gasteiger partial charge in [0.2, 0.25) is 5.91 Å². The van der Waals surface area contributed by atoms with Gasteiger partial charge in [0.25, 0.3) is 0 Å². The standard InChI is InChI=1S/C52H99NO15/c1-4-5-6-7-8-9-10-11-12-13-14-15-16-17-20-24-27-30-33-40(56)50(64)53-38(43(57)39(55)32-29-26-23-21-18-19-22-25-28-31-37(2)3)35-65-51-49(63)47(61)45(59)42(68-51)36-66-52-48(62)46(60)44(58)41(34-54)67-52/h26,29,37-49,51-52,54-63H,4-25,27-28,30-36H2,1-3H3,(H,53,64)/b29-26+/t38-,39+,40+,41+,42+,43-,44-,45+,46-,47-,48+,49+,51+,52-/m0/s1. The molecule has 0 aromatic carbocycles. The van der Waals surface area contributed by atoms with Gasteiger partial charge in [-0.2, -0.15) is 0 Å². The van der Waals surface area contributed by atoms with Crippen LogP contribution >= 0.6 is 0 Å². The molecule has 0 bridgehead atoms. The number of aliphatic hydroxyl groups is 10. The number of amides is 1. The van der Waals surface area contributed by atoms with E-state index >= 15 is 0 Å². The highest BCUT2D eigenvalue weighted by Gasteiger charge is 2.48. The fourth-order valence-electron chi connectivity index (χ4n) is 8.94. The molecular formula is C52H99NO15. The highest BCUT2D eigenvalue weighted by Crippen LogP contribution is 2.27. The van der Waals surface area contributed by atoms with Crippen LogP contribution in [0.25, 0.3) is 0 Å². The van der Waals surface area contributed by atoms with Gasteiger partial charge in [0, 0.05) is 0 Å². The molecule has 2 aliphatic heterocycles. The summed E-state index contributed by atoms with van der Waals surface area (Å²) in [5.74, 6) is -0.0461. The Morgan fingerprint density at radius 1 is 0.559 bits per heavy atom. The van der Waals surface area contributed by atoms with E-state index in [1.165, 1.54) is 116 Å². The zero-order valence-electron chi connectivity index (χ0n) is 42.2. The summed E-state index contributed by atoms with van der Waals surface area (Å²) in [6.45, 7) is 4.91. The van der Waals surface area contributed by atoms with Gasteiger partial charge in [0.15, 0.2) is 12.6 Å². The van der Waals surface area contributed by atoms with E-state index in [4.69, 9.17) is 18.9 Å². The number of allylic oxidation sites excluding steroid dienone is 1. The van der Waals surface area contributed by atoms with Crippen molar-refractivity contribution in [1.29, 1.82) is 0 Å². The molecule has 2 aliphatic rings. The molecule has 0 aromatic rings. The number of nitrogens with one attached hydrogen (secondary N) is 1. The zero-order chi connectivity index (χ0) is 50.1. The van der Waals surface area contributed by atoms with Crippen molar-refractivity contribution < 1.29 is 74.8 Å². The lowest BCUT2D eigenvalue weighted by molar-refractivity contribution is -0.331. The first-order chi connectivity index (χ1) is 32.7. The summed E-state index contributed by atoms with van der Waals surface area (Å²) < 4.78 is 22.4. The lowest BCUT2D eigenvalue weighted by Crippen LogP contribution is -2.62. The number of carbonyl (C=O) groups is 1. The molecule has 2 rings (SSSR count). The maximum atomic E-state index is 13.3. The van der Waals surface area contributed by atoms with Crippen LogP contribution in [0, 0.1) is 5.92 Å². The zero-order valence-corrected chi connectivity index (χ0v) is 42.2. The molecule has 2 saturated heterocycles. The molecule has 2 fully saturated rings. The number of carbonyl (C=O) groups excluding carboxylic acids is 1. The van der Waals surface area contributed by atoms with Crippen molar-refractivity contribution in [3.05, 3.63) is 12.2 Å². The van der Waals surface area contributed by atoms with E-state index in [2.05, 4.69) is 26.1 Å². The second-order valence-electron chi connectivity index (χ2n) is 20.2. The minimum atomic E-state index is -1.83. The van der Waals surface area contributed by atoms with Crippen molar-refractivity contribution in [3.8, 4) is 0 Å². The first kappa shape index (κ1) is 62.8. The van der Waals surface area contributed by atoms with Gasteiger partial charge in [-0.3, -0.25) is 4.79 Å². The van der Waals surface area contributed by atoms with Crippen LogP contribution in [-0.4, -0.2) is 163 Å². The molecule has 0 saturated carbocycles. The highest BCUT2D eigenvalue weighted by molar-refractivity contribution is 5.80. The van der Waals surface area contributed by atoms with Crippen LogP contribution in [0.5, 0.6) is 0 Å². The third kappa shape index (κ3) is 25.9. The predicted octanol–water partition coefficient (Wildman–Crippen LogP) is 5.35. The van der Waals surface area contributed by atoms with E-state index < -0.39 is 111 Å². The highest BCUT2D eigenvalue weighted by atomic mass is 16.7. The molecule has 1 amide bonds. The fraction of sp³-hybridized carbons (Fsp3) is 0.942. The second-order valence-corrected chi connectivity index (χ2v) is 20.2. The lowest BCUT2D eigenvalue weighted by atomic mass is 9.98. The Labute approximate surface area is 409 Å². The number of unbranched alkanes of at least 4 members (excludes halogenated alkanes) is 23. The Morgan fingerprint density at radius 2 is 1.00 bits per heavy atom. The summed E-state index contributed by atoms with van der Waals surface area (Å²) in [4.78, 5) is 13.3. The monoisotopic (exact) mass is 978 g/mol. The van der Waals surface area contributed by atoms with E-state index in [0.717, 1.165) is 50.9 Å². The van der Waals surface area contributed by atoms with Crippen molar-refractivity contribution >= 4 is 5.91 Å². The van der Waals surface area contributed by atoms with Gasteiger partial charge in [0.1, 0.15) is 61.0 Å². The average Bonchev–Trinajstić information content (AvgIpc) is 3.32. The first-order valence-electron chi connectivity index (χ1n) is 27.0. The molecular weight excluding hydrogens is 879 g/mol. The smallest absolute Gasteiger partial charge is 0.249 e. The van der Waals surface area contributed by atoms with Gasteiger partial charge in [0.05, 0.1) is 32.0 Å². The normalized spacial score (nSPS) is 27.4. The van der Waals surface area contributed by atoms with E-state index in [1.807, 2.05) is 6.08 Å². The van der Waals surface area contributed by atoms with E-state index in [0.29, 0.717) is 6.42 Å². The Bertz CT molecular complexity index is 1250. The molecule has 14 atom stereocenters. The minimum absolute atomic E-state index is 0.0649. The largest absolute Gasteiger partial charge is 0.394 e. The molecule has 0 radical (unpaired) electrons. The van der Waals surface area contributed by atoms with Crippen LogP contribution in [0.2, 0.25) is 0 Å². The van der Waals surface area contributed by atoms with Gasteiger partial charge in [-0.15, -0.1) is 0 Å². The summed E-state index contributed by atoms with van der Waals surface area (Å²) >= 11 is 0. The van der Waals surface area contributed by atoms with E-state index in [9.17, 15) is 55.9 Å². The van der Waals surface area contributed by atoms with E-state index in [-0.39, 0.29) is 12.8 Å². The molecule has 0 aromatic heterocycles. The summed E-state index contributed by atoms with van der Waals surface area (Å²) in [6, 6.07) is -1.31. The third-order valence-electron chi connectivity index (χ3n) is 13.6. The maximum Gasteiger partial charge on any atom is 0.249 e. The molecule has 2 heterocycles. The van der Waals surface area contributed by atoms with Gasteiger partial charge in [-0.25, -0.2) is 0 Å². The SMILES string of the molecule is CCCCCCCCCCCCCCCCCCCC[C@@H](O)C(=O)N[C@@H](CO[C@@H]1O[C@H](CO[C@H]2O[C@H](CO)[C@H](O)[C@H](O)[C@H]2O)[C@@H](O)[C@H](O)[C@H]1O)[C@H](O)[C@H](O)C/C=C/CCCCCCCCC(C)C. The molecule has 16 heteroatoms. The van der Waals surface area contributed by atoms with Gasteiger partial charge < -0.3 is 75.3 Å². The fourth-order valence-corrected chi connectivity index (χ4v) is 8.94. The maximum absolute atomic E-state index is 13.3. The van der Waals surface area contributed by atoms with Crippen LogP contribution in [-0.2, 0) is 23.7 Å². The molecule has 0 spiro atoms. The number of hydrogen-bond donors (Lipinski definition) is 11. The van der Waals surface area contributed by atoms with Crippen molar-refractivity contribution in [2.24, 2.45) is 5.92 Å². The molecule has 402 valence electrons. The van der Waals surface area contributed by atoms with Crippen LogP contribution in [0.15, 0.2) is 12.2 Å². The average molecular weight is 978 g/mol. The van der Waals surface area contributed by atoms with Crippen LogP contribution in [0.3, 0.4) is 0 Å². The van der Waals surface area contributed by atoms with Crippen molar-refractivity contribution in [1.82, 2.24) is 5.32 Å². The summed E-state index contributed by atoms with van der Waals surface area (Å²) in [5, 5.41) is 108. The quantitative estimate of drug-likeness (QED) is 0.0273. The lowest BCUT2D eigenvalue weighted by Gasteiger charge is -2.43. The third-order valence-corrected chi connectivity index (χ3v) is 13.6. The Balaban J connectivity index is 1.88. The van der Waals surface area contributed by atoms with Crippen LogP contribution < -0.4 is 5.32 Å². The first-order valence-corrected chi connectivity index (χ1v) is 27.0. The number of hydrogen-bond acceptors (Lipinski definition) is 15. The molecule has 68 heavy (non-hydrogen) atoms. The predicted molar refractivity (Wildman–Crippen MR) is 261 cm³/mol. The second kappa shape index (κ2) is 38.3. The molecule has 16 nitrogen and oxygen atoms in total. The van der Waals surface area contributed by atoms with Gasteiger partial charge in [-0.1, -0.05) is 187 Å². The Morgan fingerprint density at radius 3 is 1.50 bits per heavy atom. The summed E-state index contributed by atoms with van der Waals surface area (Å²) in [7, 11) is 0. The van der Waals surface area contributed by atoms with Crippen molar-refractivity contribution in [2.75, 3.05) is 19.8 Å². The van der Waals surface area contributed by atoms with Gasteiger partial charge >= 0.3 is 0 Å². The van der Waals surface area contributed by atoms with Crippen LogP contribution in [0.1, 0.15) is 201 Å². The molecule has 0 unspecified atom stereocenters. The topological polar surface area (TPSA) is 268 Å². The number of rotatable bonds is 41. The minimum Gasteiger partial charge on any atom is -0.394 e. The van der Waals surface area contributed by atoms with E-state index in [1.54, 1.807) is 6.08 Å².